The van der Waals surface area contributed by atoms with E-state index in [-0.39, 0.29) is 28.2 Å². The molecule has 23 heavy (non-hydrogen) atoms. The van der Waals surface area contributed by atoms with Gasteiger partial charge >= 0.3 is 6.18 Å². The summed E-state index contributed by atoms with van der Waals surface area (Å²) in [6.45, 7) is 6.60. The first-order valence-corrected chi connectivity index (χ1v) is 7.65. The van der Waals surface area contributed by atoms with E-state index in [4.69, 9.17) is 11.6 Å². The van der Waals surface area contributed by atoms with Crippen LogP contribution in [0.25, 0.3) is 0 Å². The van der Waals surface area contributed by atoms with Gasteiger partial charge in [-0.05, 0) is 33.3 Å². The summed E-state index contributed by atoms with van der Waals surface area (Å²) in [7, 11) is 0. The Morgan fingerprint density at radius 3 is 2.57 bits per heavy atom. The molecule has 0 saturated carbocycles. The molecule has 8 heteroatoms. The maximum Gasteiger partial charge on any atom is 0.417 e. The number of hydrogen-bond acceptors (Lipinski definition) is 3. The number of halogens is 4. The Kier molecular flexibility index (Phi) is 4.80. The van der Waals surface area contributed by atoms with E-state index in [0.717, 1.165) is 12.3 Å². The zero-order chi connectivity index (χ0) is 17.4. The van der Waals surface area contributed by atoms with Crippen molar-refractivity contribution in [1.29, 1.82) is 0 Å². The van der Waals surface area contributed by atoms with Crippen LogP contribution in [0.5, 0.6) is 0 Å². The predicted octanol–water partition coefficient (Wildman–Crippen LogP) is 3.49. The molecule has 1 atom stereocenters. The zero-order valence-corrected chi connectivity index (χ0v) is 13.9. The highest BCUT2D eigenvalue weighted by molar-refractivity contribution is 6.33. The Morgan fingerprint density at radius 1 is 1.39 bits per heavy atom. The zero-order valence-electron chi connectivity index (χ0n) is 13.2. The number of anilines is 1. The van der Waals surface area contributed by atoms with Crippen molar-refractivity contribution in [2.24, 2.45) is 5.92 Å². The van der Waals surface area contributed by atoms with Gasteiger partial charge in [0, 0.05) is 24.8 Å². The second-order valence-corrected chi connectivity index (χ2v) is 7.11. The molecule has 1 aliphatic heterocycles. The lowest BCUT2D eigenvalue weighted by molar-refractivity contribution is -0.137. The summed E-state index contributed by atoms with van der Waals surface area (Å²) in [5.41, 5.74) is -1.21. The van der Waals surface area contributed by atoms with Gasteiger partial charge in [-0.3, -0.25) is 4.79 Å². The van der Waals surface area contributed by atoms with Crippen LogP contribution in [0, 0.1) is 5.92 Å². The molecular weight excluding hydrogens is 331 g/mol. The summed E-state index contributed by atoms with van der Waals surface area (Å²) in [6.07, 6.45) is -3.10. The molecular formula is C15H19ClF3N3O. The number of alkyl halides is 3. The fourth-order valence-electron chi connectivity index (χ4n) is 2.46. The van der Waals surface area contributed by atoms with E-state index in [9.17, 15) is 18.0 Å². The third-order valence-electron chi connectivity index (χ3n) is 3.51. The topological polar surface area (TPSA) is 45.2 Å². The SMILES string of the molecule is CC(C)(C)NC(=O)C1CCN(c2ncc(C(F)(F)F)cc2Cl)C1. The van der Waals surface area contributed by atoms with Crippen LogP contribution in [-0.4, -0.2) is 29.5 Å². The van der Waals surface area contributed by atoms with E-state index in [1.165, 1.54) is 0 Å². The molecule has 0 aromatic carbocycles. The number of rotatable bonds is 2. The first kappa shape index (κ1) is 17.8. The number of aromatic nitrogens is 1. The third kappa shape index (κ3) is 4.50. The number of hydrogen-bond donors (Lipinski definition) is 1. The Labute approximate surface area is 138 Å². The van der Waals surface area contributed by atoms with Crippen LogP contribution in [-0.2, 0) is 11.0 Å². The molecule has 2 rings (SSSR count). The van der Waals surface area contributed by atoms with Crippen LogP contribution in [0.3, 0.4) is 0 Å². The molecule has 0 bridgehead atoms. The van der Waals surface area contributed by atoms with Crippen molar-refractivity contribution in [2.75, 3.05) is 18.0 Å². The number of carbonyl (C=O) groups is 1. The van der Waals surface area contributed by atoms with Gasteiger partial charge < -0.3 is 10.2 Å². The van der Waals surface area contributed by atoms with E-state index in [1.54, 1.807) is 4.90 Å². The van der Waals surface area contributed by atoms with E-state index in [1.807, 2.05) is 20.8 Å². The fourth-order valence-corrected chi connectivity index (χ4v) is 2.74. The standard InChI is InChI=1S/C15H19ClF3N3O/c1-14(2,3)21-13(23)9-4-5-22(8-9)12-11(16)6-10(7-20-12)15(17,18)19/h6-7,9H,4-5,8H2,1-3H3,(H,21,23). The molecule has 1 fully saturated rings. The molecule has 0 spiro atoms. The highest BCUT2D eigenvalue weighted by Gasteiger charge is 2.34. The molecule has 1 N–H and O–H groups in total. The second-order valence-electron chi connectivity index (χ2n) is 6.70. The average Bonchev–Trinajstić information content (AvgIpc) is 2.85. The van der Waals surface area contributed by atoms with Crippen LogP contribution in [0.1, 0.15) is 32.8 Å². The molecule has 1 aromatic heterocycles. The lowest BCUT2D eigenvalue weighted by atomic mass is 10.0. The summed E-state index contributed by atoms with van der Waals surface area (Å²) >= 11 is 5.94. The number of carbonyl (C=O) groups excluding carboxylic acids is 1. The largest absolute Gasteiger partial charge is 0.417 e. The Bertz CT molecular complexity index is 599. The van der Waals surface area contributed by atoms with Crippen LogP contribution < -0.4 is 10.2 Å². The molecule has 1 aromatic rings. The van der Waals surface area contributed by atoms with Crippen molar-refractivity contribution >= 4 is 23.3 Å². The highest BCUT2D eigenvalue weighted by atomic mass is 35.5. The van der Waals surface area contributed by atoms with Crippen LogP contribution >= 0.6 is 11.6 Å². The fraction of sp³-hybridized carbons (Fsp3) is 0.600. The van der Waals surface area contributed by atoms with Gasteiger partial charge in [0.25, 0.3) is 0 Å². The summed E-state index contributed by atoms with van der Waals surface area (Å²) in [5.74, 6) is -0.0110. The third-order valence-corrected chi connectivity index (χ3v) is 3.78. The maximum absolute atomic E-state index is 12.6. The van der Waals surface area contributed by atoms with Gasteiger partial charge in [0.05, 0.1) is 16.5 Å². The predicted molar refractivity (Wildman–Crippen MR) is 82.5 cm³/mol. The minimum atomic E-state index is -4.48. The van der Waals surface area contributed by atoms with Crippen LogP contribution in [0.2, 0.25) is 5.02 Å². The van der Waals surface area contributed by atoms with Crippen molar-refractivity contribution in [3.63, 3.8) is 0 Å². The van der Waals surface area contributed by atoms with Gasteiger partial charge in [-0.1, -0.05) is 11.6 Å². The molecule has 4 nitrogen and oxygen atoms in total. The van der Waals surface area contributed by atoms with Crippen LogP contribution in [0.15, 0.2) is 12.3 Å². The average molecular weight is 350 g/mol. The Balaban J connectivity index is 2.09. The molecule has 2 heterocycles. The summed E-state index contributed by atoms with van der Waals surface area (Å²) in [6, 6.07) is 0.868. The van der Waals surface area contributed by atoms with E-state index in [2.05, 4.69) is 10.3 Å². The quantitative estimate of drug-likeness (QED) is 0.889. The van der Waals surface area contributed by atoms with Gasteiger partial charge in [0.1, 0.15) is 5.82 Å². The normalized spacial score (nSPS) is 19.1. The highest BCUT2D eigenvalue weighted by Crippen LogP contribution is 2.35. The van der Waals surface area contributed by atoms with Crippen molar-refractivity contribution in [1.82, 2.24) is 10.3 Å². The first-order chi connectivity index (χ1) is 10.5. The monoisotopic (exact) mass is 349 g/mol. The van der Waals surface area contributed by atoms with Gasteiger partial charge in [-0.2, -0.15) is 13.2 Å². The van der Waals surface area contributed by atoms with Crippen molar-refractivity contribution in [3.8, 4) is 0 Å². The summed E-state index contributed by atoms with van der Waals surface area (Å²) < 4.78 is 37.9. The number of amides is 1. The van der Waals surface area contributed by atoms with E-state index >= 15 is 0 Å². The first-order valence-electron chi connectivity index (χ1n) is 7.27. The number of nitrogens with one attached hydrogen (secondary N) is 1. The number of nitrogens with zero attached hydrogens (tertiary/aromatic N) is 2. The van der Waals surface area contributed by atoms with Gasteiger partial charge in [0.2, 0.25) is 5.91 Å². The minimum Gasteiger partial charge on any atom is -0.355 e. The Hall–Kier alpha value is -1.50. The molecule has 1 saturated heterocycles. The second kappa shape index (κ2) is 6.19. The molecule has 0 aliphatic carbocycles. The molecule has 1 aliphatic rings. The van der Waals surface area contributed by atoms with Gasteiger partial charge in [-0.15, -0.1) is 0 Å². The molecule has 0 radical (unpaired) electrons. The minimum absolute atomic E-state index is 0.0586. The number of pyridine rings is 1. The van der Waals surface area contributed by atoms with E-state index in [0.29, 0.717) is 19.5 Å². The molecule has 1 unspecified atom stereocenters. The maximum atomic E-state index is 12.6. The molecule has 128 valence electrons. The lowest BCUT2D eigenvalue weighted by Gasteiger charge is -2.23. The lowest BCUT2D eigenvalue weighted by Crippen LogP contribution is -2.44. The molecule has 1 amide bonds. The van der Waals surface area contributed by atoms with E-state index < -0.39 is 11.7 Å². The van der Waals surface area contributed by atoms with Crippen LogP contribution in [0.4, 0.5) is 19.0 Å². The Morgan fingerprint density at radius 2 is 2.04 bits per heavy atom. The van der Waals surface area contributed by atoms with Crippen molar-refractivity contribution < 1.29 is 18.0 Å². The van der Waals surface area contributed by atoms with Gasteiger partial charge in [-0.25, -0.2) is 4.98 Å². The smallest absolute Gasteiger partial charge is 0.355 e. The van der Waals surface area contributed by atoms with Crippen molar-refractivity contribution in [2.45, 2.75) is 38.9 Å². The van der Waals surface area contributed by atoms with Crippen molar-refractivity contribution in [3.05, 3.63) is 22.8 Å². The summed E-state index contributed by atoms with van der Waals surface area (Å²) in [4.78, 5) is 17.8. The summed E-state index contributed by atoms with van der Waals surface area (Å²) in [5, 5.41) is 2.85. The van der Waals surface area contributed by atoms with Gasteiger partial charge in [0.15, 0.2) is 0 Å².